The second-order valence-electron chi connectivity index (χ2n) is 5.79. The van der Waals surface area contributed by atoms with Crippen LogP contribution >= 0.6 is 11.6 Å². The Hall–Kier alpha value is -2.66. The first kappa shape index (κ1) is 14.9. The molecule has 0 bridgehead atoms. The Balaban J connectivity index is 1.72. The number of halogens is 1. The number of amides is 1. The van der Waals surface area contributed by atoms with Crippen molar-refractivity contribution >= 4 is 23.3 Å². The maximum Gasteiger partial charge on any atom is 0.226 e. The second kappa shape index (κ2) is 6.09. The summed E-state index contributed by atoms with van der Waals surface area (Å²) < 4.78 is 1.79. The van der Waals surface area contributed by atoms with Crippen molar-refractivity contribution in [3.05, 3.63) is 76.7 Å². The van der Waals surface area contributed by atoms with Crippen LogP contribution < -0.4 is 5.32 Å². The third-order valence-electron chi connectivity index (χ3n) is 4.26. The summed E-state index contributed by atoms with van der Waals surface area (Å²) in [5.41, 5.74) is 2.99. The summed E-state index contributed by atoms with van der Waals surface area (Å²) in [7, 11) is 0. The molecule has 24 heavy (non-hydrogen) atoms. The zero-order valence-corrected chi connectivity index (χ0v) is 13.6. The number of pyridine rings is 1. The van der Waals surface area contributed by atoms with Crippen LogP contribution in [0.5, 0.6) is 0 Å². The SMILES string of the molecule is O=C1C[C@@H](c2cccnc2)c2cnn(Cc3ccccc3Cl)c2N1. The van der Waals surface area contributed by atoms with E-state index >= 15 is 0 Å². The van der Waals surface area contributed by atoms with Gasteiger partial charge in [0.15, 0.2) is 0 Å². The Bertz CT molecular complexity index is 891. The molecule has 0 unspecified atom stereocenters. The van der Waals surface area contributed by atoms with Gasteiger partial charge in [-0.25, -0.2) is 4.68 Å². The van der Waals surface area contributed by atoms with E-state index in [-0.39, 0.29) is 11.8 Å². The molecule has 0 saturated heterocycles. The van der Waals surface area contributed by atoms with Crippen molar-refractivity contribution in [2.45, 2.75) is 18.9 Å². The average Bonchev–Trinajstić information content (AvgIpc) is 3.00. The van der Waals surface area contributed by atoms with Gasteiger partial charge in [-0.15, -0.1) is 0 Å². The summed E-state index contributed by atoms with van der Waals surface area (Å²) in [6, 6.07) is 11.5. The molecule has 6 heteroatoms. The van der Waals surface area contributed by atoms with E-state index < -0.39 is 0 Å². The highest BCUT2D eigenvalue weighted by Gasteiger charge is 2.30. The summed E-state index contributed by atoms with van der Waals surface area (Å²) in [6.07, 6.45) is 5.76. The van der Waals surface area contributed by atoms with E-state index in [0.717, 1.165) is 22.5 Å². The van der Waals surface area contributed by atoms with E-state index in [1.807, 2.05) is 42.6 Å². The molecule has 120 valence electrons. The topological polar surface area (TPSA) is 59.8 Å². The zero-order valence-electron chi connectivity index (χ0n) is 12.8. The number of fused-ring (bicyclic) bond motifs is 1. The summed E-state index contributed by atoms with van der Waals surface area (Å²) in [4.78, 5) is 16.3. The molecule has 3 aromatic rings. The molecule has 4 rings (SSSR count). The first-order chi connectivity index (χ1) is 11.7. The van der Waals surface area contributed by atoms with Gasteiger partial charge in [0.25, 0.3) is 0 Å². The summed E-state index contributed by atoms with van der Waals surface area (Å²) in [6.45, 7) is 0.509. The van der Waals surface area contributed by atoms with E-state index in [2.05, 4.69) is 15.4 Å². The Labute approximate surface area is 144 Å². The Kier molecular flexibility index (Phi) is 3.78. The van der Waals surface area contributed by atoms with E-state index in [4.69, 9.17) is 11.6 Å². The van der Waals surface area contributed by atoms with Crippen LogP contribution in [-0.4, -0.2) is 20.7 Å². The fourth-order valence-electron chi connectivity index (χ4n) is 3.06. The van der Waals surface area contributed by atoms with E-state index in [0.29, 0.717) is 18.0 Å². The van der Waals surface area contributed by atoms with Crippen molar-refractivity contribution < 1.29 is 4.79 Å². The van der Waals surface area contributed by atoms with Gasteiger partial charge in [0.1, 0.15) is 5.82 Å². The van der Waals surface area contributed by atoms with Gasteiger partial charge >= 0.3 is 0 Å². The first-order valence-electron chi connectivity index (χ1n) is 7.71. The van der Waals surface area contributed by atoms with Crippen LogP contribution in [0.4, 0.5) is 5.82 Å². The zero-order chi connectivity index (χ0) is 16.5. The van der Waals surface area contributed by atoms with E-state index in [1.165, 1.54) is 0 Å². The van der Waals surface area contributed by atoms with Crippen molar-refractivity contribution in [2.75, 3.05) is 5.32 Å². The summed E-state index contributed by atoms with van der Waals surface area (Å²) >= 11 is 6.24. The van der Waals surface area contributed by atoms with Gasteiger partial charge in [-0.05, 0) is 23.3 Å². The standard InChI is InChI=1S/C18H15ClN4O/c19-16-6-2-1-4-13(16)11-23-18-15(10-21-23)14(8-17(24)22-18)12-5-3-7-20-9-12/h1-7,9-10,14H,8,11H2,(H,22,24)/t14-/m0/s1. The molecule has 1 aliphatic heterocycles. The lowest BCUT2D eigenvalue weighted by Crippen LogP contribution is -2.25. The molecule has 1 atom stereocenters. The van der Waals surface area contributed by atoms with Gasteiger partial charge in [0.05, 0.1) is 12.7 Å². The van der Waals surface area contributed by atoms with Crippen molar-refractivity contribution in [2.24, 2.45) is 0 Å². The number of carbonyl (C=O) groups excluding carboxylic acids is 1. The van der Waals surface area contributed by atoms with Crippen LogP contribution in [0.1, 0.15) is 29.0 Å². The molecule has 1 aliphatic rings. The third-order valence-corrected chi connectivity index (χ3v) is 4.62. The lowest BCUT2D eigenvalue weighted by atomic mass is 9.88. The number of nitrogens with zero attached hydrogens (tertiary/aromatic N) is 3. The monoisotopic (exact) mass is 338 g/mol. The molecule has 1 aromatic carbocycles. The number of hydrogen-bond acceptors (Lipinski definition) is 3. The molecule has 1 N–H and O–H groups in total. The van der Waals surface area contributed by atoms with Crippen LogP contribution in [0.3, 0.4) is 0 Å². The average molecular weight is 339 g/mol. The van der Waals surface area contributed by atoms with Crippen molar-refractivity contribution in [3.8, 4) is 0 Å². The molecule has 0 fully saturated rings. The van der Waals surface area contributed by atoms with Gasteiger partial charge in [-0.1, -0.05) is 35.9 Å². The minimum Gasteiger partial charge on any atom is -0.311 e. The second-order valence-corrected chi connectivity index (χ2v) is 6.20. The number of benzene rings is 1. The number of rotatable bonds is 3. The number of anilines is 1. The first-order valence-corrected chi connectivity index (χ1v) is 8.09. The van der Waals surface area contributed by atoms with Crippen LogP contribution in [-0.2, 0) is 11.3 Å². The molecular weight excluding hydrogens is 324 g/mol. The van der Waals surface area contributed by atoms with Gasteiger partial charge in [0, 0.05) is 35.3 Å². The van der Waals surface area contributed by atoms with Gasteiger partial charge in [0.2, 0.25) is 5.91 Å². The molecule has 0 saturated carbocycles. The minimum absolute atomic E-state index is 0.0164. The fourth-order valence-corrected chi connectivity index (χ4v) is 3.25. The highest BCUT2D eigenvalue weighted by atomic mass is 35.5. The normalized spacial score (nSPS) is 16.5. The van der Waals surface area contributed by atoms with Crippen molar-refractivity contribution in [1.82, 2.24) is 14.8 Å². The number of aromatic nitrogens is 3. The molecule has 3 heterocycles. The fraction of sp³-hybridized carbons (Fsp3) is 0.167. The van der Waals surface area contributed by atoms with Crippen molar-refractivity contribution in [1.29, 1.82) is 0 Å². The van der Waals surface area contributed by atoms with Crippen LogP contribution in [0.2, 0.25) is 5.02 Å². The lowest BCUT2D eigenvalue weighted by Gasteiger charge is -2.23. The van der Waals surface area contributed by atoms with Gasteiger partial charge < -0.3 is 5.32 Å². The quantitative estimate of drug-likeness (QED) is 0.795. The van der Waals surface area contributed by atoms with E-state index in [9.17, 15) is 4.79 Å². The molecular formula is C18H15ClN4O. The smallest absolute Gasteiger partial charge is 0.226 e. The van der Waals surface area contributed by atoms with Crippen LogP contribution in [0.15, 0.2) is 55.0 Å². The molecule has 0 spiro atoms. The number of hydrogen-bond donors (Lipinski definition) is 1. The molecule has 0 radical (unpaired) electrons. The number of carbonyl (C=O) groups is 1. The van der Waals surface area contributed by atoms with Crippen molar-refractivity contribution in [3.63, 3.8) is 0 Å². The number of nitrogens with one attached hydrogen (secondary N) is 1. The van der Waals surface area contributed by atoms with Gasteiger partial charge in [-0.2, -0.15) is 5.10 Å². The van der Waals surface area contributed by atoms with Crippen LogP contribution in [0, 0.1) is 0 Å². The lowest BCUT2D eigenvalue weighted by molar-refractivity contribution is -0.116. The minimum atomic E-state index is -0.0255. The van der Waals surface area contributed by atoms with Crippen LogP contribution in [0.25, 0.3) is 0 Å². The summed E-state index contributed by atoms with van der Waals surface area (Å²) in [5.74, 6) is 0.694. The largest absolute Gasteiger partial charge is 0.311 e. The Morgan fingerprint density at radius 2 is 2.08 bits per heavy atom. The highest BCUT2D eigenvalue weighted by Crippen LogP contribution is 2.37. The molecule has 5 nitrogen and oxygen atoms in total. The Morgan fingerprint density at radius 1 is 1.21 bits per heavy atom. The maximum absolute atomic E-state index is 12.2. The van der Waals surface area contributed by atoms with E-state index in [1.54, 1.807) is 17.1 Å². The molecule has 1 amide bonds. The summed E-state index contributed by atoms with van der Waals surface area (Å²) in [5, 5.41) is 8.10. The molecule has 0 aliphatic carbocycles. The molecule has 2 aromatic heterocycles. The predicted molar refractivity (Wildman–Crippen MR) is 92.1 cm³/mol. The Morgan fingerprint density at radius 3 is 2.88 bits per heavy atom. The predicted octanol–water partition coefficient (Wildman–Crippen LogP) is 3.45. The highest BCUT2D eigenvalue weighted by molar-refractivity contribution is 6.31. The maximum atomic E-state index is 12.2. The third kappa shape index (κ3) is 2.67. The van der Waals surface area contributed by atoms with Gasteiger partial charge in [-0.3, -0.25) is 9.78 Å².